The van der Waals surface area contributed by atoms with Crippen LogP contribution in [0.2, 0.25) is 10.0 Å². The molecule has 0 saturated heterocycles. The van der Waals surface area contributed by atoms with Gasteiger partial charge in [0.1, 0.15) is 5.52 Å². The van der Waals surface area contributed by atoms with E-state index in [1.54, 1.807) is 36.4 Å². The number of nitrogens with one attached hydrogen (secondary N) is 1. The number of hydrogen-bond donors (Lipinski definition) is 1. The number of hydrogen-bond acceptors (Lipinski definition) is 3. The molecule has 0 spiro atoms. The highest BCUT2D eigenvalue weighted by molar-refractivity contribution is 9.10. The number of carbonyl (C=O) groups excluding carboxylic acids is 1. The van der Waals surface area contributed by atoms with E-state index in [1.807, 2.05) is 0 Å². The molecular formula is C14H7BrCl2N2O2. The number of fused-ring (bicyclic) bond motifs is 1. The second kappa shape index (κ2) is 5.67. The van der Waals surface area contributed by atoms with Crippen molar-refractivity contribution in [2.45, 2.75) is 0 Å². The van der Waals surface area contributed by atoms with E-state index < -0.39 is 0 Å². The van der Waals surface area contributed by atoms with Crippen molar-refractivity contribution in [3.8, 4) is 0 Å². The molecule has 0 radical (unpaired) electrons. The molecule has 21 heavy (non-hydrogen) atoms. The lowest BCUT2D eigenvalue weighted by Crippen LogP contribution is -2.11. The fourth-order valence-corrected chi connectivity index (χ4v) is 2.83. The number of anilines is 1. The molecule has 1 heterocycles. The van der Waals surface area contributed by atoms with Crippen LogP contribution in [0.25, 0.3) is 11.1 Å². The number of halogens is 3. The normalized spacial score (nSPS) is 10.8. The third kappa shape index (κ3) is 3.05. The van der Waals surface area contributed by atoms with Gasteiger partial charge in [-0.15, -0.1) is 0 Å². The molecule has 106 valence electrons. The van der Waals surface area contributed by atoms with Crippen molar-refractivity contribution in [1.82, 2.24) is 4.98 Å². The Morgan fingerprint density at radius 1 is 1.24 bits per heavy atom. The van der Waals surface area contributed by atoms with Gasteiger partial charge in [-0.1, -0.05) is 45.2 Å². The van der Waals surface area contributed by atoms with Crippen LogP contribution in [0.15, 0.2) is 45.3 Å². The lowest BCUT2D eigenvalue weighted by molar-refractivity contribution is 0.102. The maximum Gasteiger partial charge on any atom is 0.302 e. The van der Waals surface area contributed by atoms with Crippen molar-refractivity contribution in [3.05, 3.63) is 56.5 Å². The minimum atomic E-state index is -0.362. The van der Waals surface area contributed by atoms with Crippen LogP contribution in [-0.4, -0.2) is 10.9 Å². The van der Waals surface area contributed by atoms with E-state index in [4.69, 9.17) is 27.6 Å². The number of benzene rings is 2. The SMILES string of the molecule is O=C(Nc1nc2cc(Br)cc(Cl)c2o1)c1cccc(Cl)c1. The molecule has 2 aromatic carbocycles. The average molecular weight is 386 g/mol. The molecule has 0 saturated carbocycles. The van der Waals surface area contributed by atoms with E-state index in [0.29, 0.717) is 26.7 Å². The summed E-state index contributed by atoms with van der Waals surface area (Å²) in [7, 11) is 0. The summed E-state index contributed by atoms with van der Waals surface area (Å²) in [6.07, 6.45) is 0. The highest BCUT2D eigenvalue weighted by atomic mass is 79.9. The van der Waals surface area contributed by atoms with Crippen molar-refractivity contribution >= 4 is 62.2 Å². The van der Waals surface area contributed by atoms with E-state index >= 15 is 0 Å². The quantitative estimate of drug-likeness (QED) is 0.663. The van der Waals surface area contributed by atoms with E-state index in [1.165, 1.54) is 0 Å². The molecule has 0 aliphatic rings. The Bertz CT molecular complexity index is 848. The second-order valence-electron chi connectivity index (χ2n) is 4.22. The lowest BCUT2D eigenvalue weighted by atomic mass is 10.2. The summed E-state index contributed by atoms with van der Waals surface area (Å²) in [6, 6.07) is 10.1. The van der Waals surface area contributed by atoms with Crippen molar-refractivity contribution in [1.29, 1.82) is 0 Å². The highest BCUT2D eigenvalue weighted by Gasteiger charge is 2.14. The fraction of sp³-hybridized carbons (Fsp3) is 0. The van der Waals surface area contributed by atoms with E-state index in [2.05, 4.69) is 26.2 Å². The smallest absolute Gasteiger partial charge is 0.302 e. The maximum absolute atomic E-state index is 12.1. The lowest BCUT2D eigenvalue weighted by Gasteiger charge is -2.00. The largest absolute Gasteiger partial charge is 0.422 e. The Morgan fingerprint density at radius 2 is 2.05 bits per heavy atom. The Morgan fingerprint density at radius 3 is 2.81 bits per heavy atom. The van der Waals surface area contributed by atoms with Gasteiger partial charge in [0, 0.05) is 15.1 Å². The van der Waals surface area contributed by atoms with Crippen LogP contribution in [0.4, 0.5) is 6.01 Å². The molecule has 0 atom stereocenters. The summed E-state index contributed by atoms with van der Waals surface area (Å²) in [4.78, 5) is 16.3. The molecule has 7 heteroatoms. The Balaban J connectivity index is 1.91. The fourth-order valence-electron chi connectivity index (χ4n) is 1.81. The monoisotopic (exact) mass is 384 g/mol. The molecule has 1 amide bonds. The zero-order chi connectivity index (χ0) is 15.0. The minimum Gasteiger partial charge on any atom is -0.422 e. The Hall–Kier alpha value is -1.56. The van der Waals surface area contributed by atoms with Gasteiger partial charge in [-0.25, -0.2) is 0 Å². The molecule has 0 bridgehead atoms. The van der Waals surface area contributed by atoms with E-state index in [0.717, 1.165) is 4.47 Å². The van der Waals surface area contributed by atoms with Crippen molar-refractivity contribution in [3.63, 3.8) is 0 Å². The zero-order valence-electron chi connectivity index (χ0n) is 10.4. The summed E-state index contributed by atoms with van der Waals surface area (Å²) in [5.74, 6) is -0.362. The summed E-state index contributed by atoms with van der Waals surface area (Å²) in [5, 5.41) is 3.46. The van der Waals surface area contributed by atoms with Crippen LogP contribution in [0.3, 0.4) is 0 Å². The molecule has 0 aliphatic heterocycles. The van der Waals surface area contributed by atoms with Gasteiger partial charge >= 0.3 is 6.01 Å². The van der Waals surface area contributed by atoms with Gasteiger partial charge in [-0.2, -0.15) is 4.98 Å². The van der Waals surface area contributed by atoms with Gasteiger partial charge in [0.05, 0.1) is 5.02 Å². The van der Waals surface area contributed by atoms with Crippen molar-refractivity contribution < 1.29 is 9.21 Å². The number of amides is 1. The second-order valence-corrected chi connectivity index (χ2v) is 5.98. The van der Waals surface area contributed by atoms with Gasteiger partial charge in [-0.05, 0) is 30.3 Å². The van der Waals surface area contributed by atoms with Crippen LogP contribution >= 0.6 is 39.1 Å². The summed E-state index contributed by atoms with van der Waals surface area (Å²) in [6.45, 7) is 0. The first-order chi connectivity index (χ1) is 10.0. The molecule has 0 aliphatic carbocycles. The van der Waals surface area contributed by atoms with Crippen LogP contribution in [0.1, 0.15) is 10.4 Å². The predicted octanol–water partition coefficient (Wildman–Crippen LogP) is 5.15. The number of oxazole rings is 1. The molecule has 3 aromatic rings. The average Bonchev–Trinajstić information content (AvgIpc) is 2.81. The summed E-state index contributed by atoms with van der Waals surface area (Å²) >= 11 is 15.2. The van der Waals surface area contributed by atoms with Crippen LogP contribution < -0.4 is 5.32 Å². The van der Waals surface area contributed by atoms with Crippen molar-refractivity contribution in [2.75, 3.05) is 5.32 Å². The first kappa shape index (κ1) is 14.4. The van der Waals surface area contributed by atoms with Gasteiger partial charge in [0.2, 0.25) is 0 Å². The highest BCUT2D eigenvalue weighted by Crippen LogP contribution is 2.30. The first-order valence-corrected chi connectivity index (χ1v) is 7.40. The zero-order valence-corrected chi connectivity index (χ0v) is 13.5. The maximum atomic E-state index is 12.1. The van der Waals surface area contributed by atoms with Crippen LogP contribution in [-0.2, 0) is 0 Å². The van der Waals surface area contributed by atoms with Gasteiger partial charge < -0.3 is 4.42 Å². The third-order valence-electron chi connectivity index (χ3n) is 2.72. The first-order valence-electron chi connectivity index (χ1n) is 5.85. The topological polar surface area (TPSA) is 55.1 Å². The van der Waals surface area contributed by atoms with Gasteiger partial charge in [0.25, 0.3) is 5.91 Å². The van der Waals surface area contributed by atoms with Crippen LogP contribution in [0.5, 0.6) is 0 Å². The van der Waals surface area contributed by atoms with Gasteiger partial charge in [-0.3, -0.25) is 10.1 Å². The number of rotatable bonds is 2. The summed E-state index contributed by atoms with van der Waals surface area (Å²) < 4.78 is 6.23. The minimum absolute atomic E-state index is 0.0787. The number of carbonyl (C=O) groups is 1. The molecule has 0 unspecified atom stereocenters. The molecule has 4 nitrogen and oxygen atoms in total. The molecule has 1 N–H and O–H groups in total. The predicted molar refractivity (Wildman–Crippen MR) is 86.1 cm³/mol. The Kier molecular flexibility index (Phi) is 3.89. The van der Waals surface area contributed by atoms with E-state index in [9.17, 15) is 4.79 Å². The van der Waals surface area contributed by atoms with Crippen LogP contribution in [0, 0.1) is 0 Å². The molecule has 0 fully saturated rings. The van der Waals surface area contributed by atoms with Crippen molar-refractivity contribution in [2.24, 2.45) is 0 Å². The molecular weight excluding hydrogens is 379 g/mol. The van der Waals surface area contributed by atoms with Gasteiger partial charge in [0.15, 0.2) is 5.58 Å². The third-order valence-corrected chi connectivity index (χ3v) is 3.69. The molecule has 3 rings (SSSR count). The number of aromatic nitrogens is 1. The summed E-state index contributed by atoms with van der Waals surface area (Å²) in [5.41, 5.74) is 1.38. The standard InChI is InChI=1S/C14H7BrCl2N2O2/c15-8-5-10(17)12-11(6-8)18-14(21-12)19-13(20)7-2-1-3-9(16)4-7/h1-6H,(H,18,19,20). The number of nitrogens with zero attached hydrogens (tertiary/aromatic N) is 1. The molecule has 1 aromatic heterocycles. The Labute approximate surface area is 138 Å². The van der Waals surface area contributed by atoms with E-state index in [-0.39, 0.29) is 11.9 Å².